The summed E-state index contributed by atoms with van der Waals surface area (Å²) in [4.78, 5) is 29.3. The first-order chi connectivity index (χ1) is 2.00. The van der Waals surface area contributed by atoms with E-state index in [0.29, 0.717) is 0 Å². The molecule has 0 atom stereocenters. The Morgan fingerprint density at radius 2 is 0.857 bits per heavy atom. The van der Waals surface area contributed by atoms with Crippen LogP contribution in [0.1, 0.15) is 0 Å². The van der Waals surface area contributed by atoms with Crippen LogP contribution in [-0.2, 0) is 17.1 Å². The maximum absolute atomic E-state index is 7.33. The summed E-state index contributed by atoms with van der Waals surface area (Å²) in [7, 11) is -4.61. The van der Waals surface area contributed by atoms with Crippen molar-refractivity contribution in [2.24, 2.45) is 0 Å². The van der Waals surface area contributed by atoms with E-state index >= 15 is 0 Å². The molecule has 7 heteroatoms. The van der Waals surface area contributed by atoms with Gasteiger partial charge in [0.1, 0.15) is 0 Å². The van der Waals surface area contributed by atoms with Crippen LogP contribution in [0.5, 0.6) is 0 Å². The van der Waals surface area contributed by atoms with Gasteiger partial charge in [-0.2, -0.15) is 0 Å². The van der Waals surface area contributed by atoms with Crippen LogP contribution in [0.4, 0.5) is 0 Å². The predicted octanol–water partition coefficient (Wildman–Crippen LogP) is -3.80. The Labute approximate surface area is 69.6 Å². The van der Waals surface area contributed by atoms with E-state index in [-0.39, 0.29) is 41.5 Å². The summed E-state index contributed by atoms with van der Waals surface area (Å²) < 4.78 is 0. The quantitative estimate of drug-likeness (QED) is 0.342. The zero-order valence-corrected chi connectivity index (χ0v) is 9.49. The van der Waals surface area contributed by atoms with E-state index in [9.17, 15) is 0 Å². The molecule has 0 saturated heterocycles. The van der Waals surface area contributed by atoms with Gasteiger partial charge in [-0.05, 0) is 0 Å². The first-order valence-corrected chi connectivity index (χ1v) is 2.68. The summed E-state index contributed by atoms with van der Waals surface area (Å²) in [5.74, 6) is 0. The van der Waals surface area contributed by atoms with E-state index in [1.54, 1.807) is 0 Å². The normalized spacial score (nSPS) is 8.57. The molecule has 0 radical (unpaired) electrons. The fourth-order valence-corrected chi connectivity index (χ4v) is 0. The van der Waals surface area contributed by atoms with Gasteiger partial charge >= 0.3 is 33.5 Å². The van der Waals surface area contributed by atoms with Crippen LogP contribution in [0.3, 0.4) is 0 Å². The average molecular weight is 277 g/mol. The van der Waals surface area contributed by atoms with Crippen molar-refractivity contribution in [1.82, 2.24) is 0 Å². The molecular formula is H7FeO4SbSi. The molecule has 0 amide bonds. The van der Waals surface area contributed by atoms with E-state index in [0.717, 1.165) is 0 Å². The molecule has 0 unspecified atom stereocenters. The van der Waals surface area contributed by atoms with E-state index < -0.39 is 9.05 Å². The van der Waals surface area contributed by atoms with Gasteiger partial charge in [0.25, 0.3) is 0 Å². The number of hydrogen-bond acceptors (Lipinski definition) is 4. The molecule has 0 aliphatic rings. The van der Waals surface area contributed by atoms with Crippen molar-refractivity contribution >= 4 is 33.5 Å². The zero-order valence-electron chi connectivity index (χ0n) is 3.35. The summed E-state index contributed by atoms with van der Waals surface area (Å²) in [5.41, 5.74) is 0. The van der Waals surface area contributed by atoms with Gasteiger partial charge in [-0.25, -0.2) is 0 Å². The Balaban J connectivity index is -0.0000000800. The van der Waals surface area contributed by atoms with Crippen LogP contribution in [-0.4, -0.2) is 52.7 Å². The molecule has 0 aliphatic carbocycles. The van der Waals surface area contributed by atoms with Crippen LogP contribution in [0, 0.1) is 0 Å². The molecule has 0 aliphatic heterocycles. The zero-order chi connectivity index (χ0) is 4.50. The van der Waals surface area contributed by atoms with Crippen molar-refractivity contribution in [3.05, 3.63) is 0 Å². The molecule has 0 aromatic carbocycles. The minimum atomic E-state index is -4.61. The summed E-state index contributed by atoms with van der Waals surface area (Å²) in [5, 5.41) is 0. The van der Waals surface area contributed by atoms with E-state index in [1.807, 2.05) is 0 Å². The Hall–Kier alpha value is 1.39. The standard InChI is InChI=1S/Fe.H4O4Si.Sb.3H/c;1-5(2,3)4;;;;/h;1-4H;;;;. The molecule has 4 N–H and O–H groups in total. The minimum absolute atomic E-state index is 0. The molecule has 0 fully saturated rings. The third-order valence-corrected chi connectivity index (χ3v) is 0. The van der Waals surface area contributed by atoms with E-state index in [4.69, 9.17) is 19.2 Å². The van der Waals surface area contributed by atoms with Crippen molar-refractivity contribution in [1.29, 1.82) is 0 Å². The van der Waals surface area contributed by atoms with Crippen LogP contribution in [0.15, 0.2) is 0 Å². The predicted molar refractivity (Wildman–Crippen MR) is 24.6 cm³/mol. The molecule has 7 heavy (non-hydrogen) atoms. The van der Waals surface area contributed by atoms with Crippen LogP contribution >= 0.6 is 0 Å². The monoisotopic (exact) mass is 276 g/mol. The molecule has 0 spiro atoms. The Kier molecular flexibility index (Phi) is 12.5. The fourth-order valence-electron chi connectivity index (χ4n) is 0. The topological polar surface area (TPSA) is 80.9 Å². The van der Waals surface area contributed by atoms with Gasteiger partial charge in [0.15, 0.2) is 0 Å². The van der Waals surface area contributed by atoms with Gasteiger partial charge < -0.3 is 19.2 Å². The van der Waals surface area contributed by atoms with Gasteiger partial charge in [-0.1, -0.05) is 0 Å². The van der Waals surface area contributed by atoms with Crippen LogP contribution < -0.4 is 0 Å². The first kappa shape index (κ1) is 15.8. The molecule has 0 saturated carbocycles. The van der Waals surface area contributed by atoms with Crippen molar-refractivity contribution in [3.8, 4) is 0 Å². The molecular weight excluding hydrogens is 270 g/mol. The molecule has 0 aromatic rings. The van der Waals surface area contributed by atoms with Gasteiger partial charge in [-0.3, -0.25) is 0 Å². The summed E-state index contributed by atoms with van der Waals surface area (Å²) >= 11 is 0. The van der Waals surface area contributed by atoms with Gasteiger partial charge in [-0.15, -0.1) is 0 Å². The Morgan fingerprint density at radius 1 is 0.857 bits per heavy atom. The summed E-state index contributed by atoms with van der Waals surface area (Å²) in [6, 6.07) is 0. The van der Waals surface area contributed by atoms with Gasteiger partial charge in [0.2, 0.25) is 0 Å². The summed E-state index contributed by atoms with van der Waals surface area (Å²) in [6.07, 6.45) is 0. The van der Waals surface area contributed by atoms with E-state index in [2.05, 4.69) is 0 Å². The number of rotatable bonds is 0. The second-order valence-electron chi connectivity index (χ2n) is 0.600. The molecule has 0 bridgehead atoms. The van der Waals surface area contributed by atoms with Crippen molar-refractivity contribution in [2.75, 3.05) is 0 Å². The third-order valence-electron chi connectivity index (χ3n) is 0. The average Bonchev–Trinajstić information content (AvgIpc) is 0.722. The van der Waals surface area contributed by atoms with Gasteiger partial charge in [0, 0.05) is 17.1 Å². The Bertz CT molecular complexity index is 27.2. The Morgan fingerprint density at radius 3 is 0.857 bits per heavy atom. The van der Waals surface area contributed by atoms with Crippen molar-refractivity contribution in [2.45, 2.75) is 0 Å². The van der Waals surface area contributed by atoms with Gasteiger partial charge in [0.05, 0.1) is 0 Å². The second kappa shape index (κ2) is 5.53. The van der Waals surface area contributed by atoms with E-state index in [1.165, 1.54) is 0 Å². The molecule has 0 aromatic heterocycles. The fraction of sp³-hybridized carbons (Fsp3) is 0. The molecule has 0 heterocycles. The second-order valence-corrected chi connectivity index (χ2v) is 1.80. The molecule has 4 nitrogen and oxygen atoms in total. The molecule has 0 rings (SSSR count). The van der Waals surface area contributed by atoms with Crippen molar-refractivity contribution < 1.29 is 36.3 Å². The summed E-state index contributed by atoms with van der Waals surface area (Å²) in [6.45, 7) is 0. The molecule has 48 valence electrons. The number of hydrogen-bond donors (Lipinski definition) is 4. The van der Waals surface area contributed by atoms with Crippen LogP contribution in [0.2, 0.25) is 0 Å². The van der Waals surface area contributed by atoms with Crippen LogP contribution in [0.25, 0.3) is 0 Å². The first-order valence-electron chi connectivity index (χ1n) is 0.894. The maximum atomic E-state index is 7.33. The van der Waals surface area contributed by atoms with Crippen molar-refractivity contribution in [3.63, 3.8) is 0 Å². The SMILES string of the molecule is O[Si](O)(O)O.[Fe].[SbH3]. The third kappa shape index (κ3) is 111.